The molecule has 3 saturated heterocycles. The molecule has 0 unspecified atom stereocenters. The average Bonchev–Trinajstić information content (AvgIpc) is 3.54. The van der Waals surface area contributed by atoms with Crippen LogP contribution in [0.25, 0.3) is 22.0 Å². The monoisotopic (exact) mass is 595 g/mol. The molecule has 5 heterocycles. The van der Waals surface area contributed by atoms with Crippen molar-refractivity contribution in [3.05, 3.63) is 40.7 Å². The van der Waals surface area contributed by atoms with Crippen molar-refractivity contribution in [3.8, 4) is 11.1 Å². The number of carbonyl (C=O) groups excluding carboxylic acids is 1. The first-order chi connectivity index (χ1) is 20.4. The van der Waals surface area contributed by atoms with Gasteiger partial charge >= 0.3 is 0 Å². The SMILES string of the molecule is Cc1cc2[nH]ncc2c(-c2c(N3CCN(C4COC4)CC34CCC4)nn(C3CCN(C(=O)/C=C/CF)CC3)c2C)c1Cl. The van der Waals surface area contributed by atoms with E-state index in [1.807, 2.05) is 18.0 Å². The number of aryl methyl sites for hydroxylation is 1. The highest BCUT2D eigenvalue weighted by Gasteiger charge is 2.50. The molecule has 3 aromatic rings. The first-order valence-corrected chi connectivity index (χ1v) is 15.6. The third-order valence-electron chi connectivity index (χ3n) is 10.1. The number of nitrogens with zero attached hydrogens (tertiary/aromatic N) is 6. The van der Waals surface area contributed by atoms with Crippen molar-refractivity contribution in [1.82, 2.24) is 29.8 Å². The Hall–Kier alpha value is -2.95. The molecule has 11 heteroatoms. The van der Waals surface area contributed by atoms with Crippen LogP contribution < -0.4 is 4.90 Å². The maximum atomic E-state index is 12.6. The van der Waals surface area contributed by atoms with E-state index < -0.39 is 6.67 Å². The van der Waals surface area contributed by atoms with Crippen LogP contribution in [0.3, 0.4) is 0 Å². The van der Waals surface area contributed by atoms with Crippen molar-refractivity contribution >= 4 is 34.2 Å². The molecule has 224 valence electrons. The summed E-state index contributed by atoms with van der Waals surface area (Å²) in [6.45, 7) is 9.39. The van der Waals surface area contributed by atoms with Crippen molar-refractivity contribution in [2.24, 2.45) is 0 Å². The van der Waals surface area contributed by atoms with Gasteiger partial charge in [0.25, 0.3) is 0 Å². The molecule has 1 aromatic carbocycles. The Bertz CT molecular complexity index is 1520. The fourth-order valence-corrected chi connectivity index (χ4v) is 7.72. The molecule has 42 heavy (non-hydrogen) atoms. The van der Waals surface area contributed by atoms with E-state index in [9.17, 15) is 9.18 Å². The van der Waals surface area contributed by atoms with Crippen LogP contribution in [-0.2, 0) is 9.53 Å². The highest BCUT2D eigenvalue weighted by atomic mass is 35.5. The summed E-state index contributed by atoms with van der Waals surface area (Å²) in [5.41, 5.74) is 5.19. The number of hydrogen-bond acceptors (Lipinski definition) is 6. The first kappa shape index (κ1) is 27.9. The second-order valence-electron chi connectivity index (χ2n) is 12.4. The minimum absolute atomic E-state index is 0.0541. The predicted octanol–water partition coefficient (Wildman–Crippen LogP) is 4.83. The molecule has 9 nitrogen and oxygen atoms in total. The third-order valence-corrected chi connectivity index (χ3v) is 10.6. The summed E-state index contributed by atoms with van der Waals surface area (Å²) in [7, 11) is 0. The number of piperidine rings is 1. The number of likely N-dealkylation sites (tertiary alicyclic amines) is 1. The minimum atomic E-state index is -0.629. The summed E-state index contributed by atoms with van der Waals surface area (Å²) in [6, 6.07) is 2.73. The van der Waals surface area contributed by atoms with Gasteiger partial charge in [0, 0.05) is 61.0 Å². The fourth-order valence-electron chi connectivity index (χ4n) is 7.46. The summed E-state index contributed by atoms with van der Waals surface area (Å²) >= 11 is 7.15. The number of benzene rings is 1. The predicted molar refractivity (Wildman–Crippen MR) is 162 cm³/mol. The molecule has 7 rings (SSSR count). The lowest BCUT2D eigenvalue weighted by Gasteiger charge is -2.58. The van der Waals surface area contributed by atoms with Crippen molar-refractivity contribution in [2.75, 3.05) is 57.5 Å². The molecule has 2 aromatic heterocycles. The maximum absolute atomic E-state index is 12.6. The number of H-pyrrole nitrogens is 1. The first-order valence-electron chi connectivity index (χ1n) is 15.2. The number of aromatic nitrogens is 4. The van der Waals surface area contributed by atoms with Crippen LogP contribution in [0.2, 0.25) is 5.02 Å². The number of ether oxygens (including phenoxy) is 1. The van der Waals surface area contributed by atoms with Crippen LogP contribution >= 0.6 is 11.6 Å². The van der Waals surface area contributed by atoms with Crippen molar-refractivity contribution in [2.45, 2.75) is 63.6 Å². The lowest BCUT2D eigenvalue weighted by molar-refractivity contribution is -0.127. The zero-order chi connectivity index (χ0) is 29.0. The fraction of sp³-hybridized carbons (Fsp3) is 0.581. The maximum Gasteiger partial charge on any atom is 0.246 e. The largest absolute Gasteiger partial charge is 0.378 e. The van der Waals surface area contributed by atoms with Crippen LogP contribution in [-0.4, -0.2) is 99.9 Å². The number of allylic oxidation sites excluding steroid dienone is 1. The van der Waals surface area contributed by atoms with Gasteiger partial charge in [-0.15, -0.1) is 0 Å². The van der Waals surface area contributed by atoms with E-state index in [-0.39, 0.29) is 17.5 Å². The quantitative estimate of drug-likeness (QED) is 0.411. The Balaban J connectivity index is 1.30. The number of amides is 1. The number of anilines is 1. The number of fused-ring (bicyclic) bond motifs is 1. The molecule has 1 spiro atoms. The Morgan fingerprint density at radius 3 is 2.62 bits per heavy atom. The van der Waals surface area contributed by atoms with Crippen molar-refractivity contribution in [3.63, 3.8) is 0 Å². The van der Waals surface area contributed by atoms with Crippen molar-refractivity contribution < 1.29 is 13.9 Å². The van der Waals surface area contributed by atoms with E-state index in [1.165, 1.54) is 18.6 Å². The molecule has 0 atom stereocenters. The van der Waals surface area contributed by atoms with Crippen LogP contribution in [0.1, 0.15) is 49.4 Å². The summed E-state index contributed by atoms with van der Waals surface area (Å²) in [5.74, 6) is 0.885. The molecule has 4 fully saturated rings. The molecule has 0 bridgehead atoms. The second-order valence-corrected chi connectivity index (χ2v) is 12.8. The molecule has 1 amide bonds. The second kappa shape index (κ2) is 11.0. The van der Waals surface area contributed by atoms with E-state index in [0.717, 1.165) is 103 Å². The lowest BCUT2D eigenvalue weighted by atomic mass is 9.73. The topological polar surface area (TPSA) is 82.5 Å². The number of nitrogens with one attached hydrogen (secondary N) is 1. The molecule has 4 aliphatic rings. The lowest BCUT2D eigenvalue weighted by Crippen LogP contribution is -2.69. The summed E-state index contributed by atoms with van der Waals surface area (Å²) < 4.78 is 20.3. The van der Waals surface area contributed by atoms with Gasteiger partial charge in [0.2, 0.25) is 5.91 Å². The molecule has 0 radical (unpaired) electrons. The normalized spacial score (nSPS) is 21.9. The zero-order valence-corrected chi connectivity index (χ0v) is 25.2. The molecular weight excluding hydrogens is 557 g/mol. The van der Waals surface area contributed by atoms with E-state index >= 15 is 0 Å². The molecule has 3 aliphatic heterocycles. The highest BCUT2D eigenvalue weighted by molar-refractivity contribution is 6.36. The van der Waals surface area contributed by atoms with Gasteiger partial charge in [0.05, 0.1) is 47.6 Å². The number of piperazine rings is 1. The number of rotatable bonds is 6. The van der Waals surface area contributed by atoms with Gasteiger partial charge in [0.15, 0.2) is 5.82 Å². The standard InChI is InChI=1S/C31H39ClFN7O2/c1-20-15-25-24(16-34-35-25)28(29(20)32)27-21(2)40(22-6-11-37(12-7-22)26(41)5-3-10-33)36-30(27)39-14-13-38(23-17-42-18-23)19-31(39)8-4-9-31/h3,5,15-16,22-23H,4,6-14,17-19H2,1-2H3,(H,34,35)/b5-3+. The number of hydrogen-bond donors (Lipinski definition) is 1. The van der Waals surface area contributed by atoms with Crippen LogP contribution in [0.15, 0.2) is 24.4 Å². The minimum Gasteiger partial charge on any atom is -0.378 e. The van der Waals surface area contributed by atoms with Gasteiger partial charge < -0.3 is 14.5 Å². The van der Waals surface area contributed by atoms with Crippen LogP contribution in [0.5, 0.6) is 0 Å². The van der Waals surface area contributed by atoms with E-state index in [2.05, 4.69) is 37.7 Å². The zero-order valence-electron chi connectivity index (χ0n) is 24.4. The molecular formula is C31H39ClFN7O2. The average molecular weight is 596 g/mol. The van der Waals surface area contributed by atoms with Gasteiger partial charge in [0.1, 0.15) is 6.67 Å². The summed E-state index contributed by atoms with van der Waals surface area (Å²) in [5, 5.41) is 14.7. The van der Waals surface area contributed by atoms with Crippen LogP contribution in [0.4, 0.5) is 10.2 Å². The Morgan fingerprint density at radius 2 is 1.95 bits per heavy atom. The summed E-state index contributed by atoms with van der Waals surface area (Å²) in [6.07, 6.45) is 9.61. The Morgan fingerprint density at radius 1 is 1.17 bits per heavy atom. The summed E-state index contributed by atoms with van der Waals surface area (Å²) in [4.78, 5) is 19.5. The van der Waals surface area contributed by atoms with Gasteiger partial charge in [-0.05, 0) is 63.7 Å². The van der Waals surface area contributed by atoms with E-state index in [0.29, 0.717) is 19.1 Å². The van der Waals surface area contributed by atoms with Gasteiger partial charge in [-0.2, -0.15) is 10.2 Å². The number of halogens is 2. The Labute approximate surface area is 250 Å². The highest BCUT2D eigenvalue weighted by Crippen LogP contribution is 2.49. The molecule has 1 N–H and O–H groups in total. The van der Waals surface area contributed by atoms with Crippen LogP contribution in [0, 0.1) is 13.8 Å². The van der Waals surface area contributed by atoms with Gasteiger partial charge in [-0.1, -0.05) is 11.6 Å². The van der Waals surface area contributed by atoms with Gasteiger partial charge in [-0.3, -0.25) is 19.5 Å². The molecule has 1 saturated carbocycles. The van der Waals surface area contributed by atoms with E-state index in [1.54, 1.807) is 0 Å². The number of alkyl halides is 1. The third kappa shape index (κ3) is 4.53. The van der Waals surface area contributed by atoms with Gasteiger partial charge in [-0.25, -0.2) is 4.39 Å². The smallest absolute Gasteiger partial charge is 0.246 e. The van der Waals surface area contributed by atoms with E-state index in [4.69, 9.17) is 21.4 Å². The number of carbonyl (C=O) groups is 1. The number of aromatic amines is 1. The van der Waals surface area contributed by atoms with Crippen molar-refractivity contribution in [1.29, 1.82) is 0 Å². The molecule has 1 aliphatic carbocycles. The Kier molecular flexibility index (Phi) is 7.27.